The summed E-state index contributed by atoms with van der Waals surface area (Å²) in [5, 5.41) is 8.55. The summed E-state index contributed by atoms with van der Waals surface area (Å²) in [5.41, 5.74) is 0. The Bertz CT molecular complexity index is 507. The number of carboxylic acid groups (broad SMARTS) is 1. The summed E-state index contributed by atoms with van der Waals surface area (Å²) in [6.07, 6.45) is -4.63. The van der Waals surface area contributed by atoms with Crippen molar-refractivity contribution in [2.45, 2.75) is 11.9 Å². The van der Waals surface area contributed by atoms with Gasteiger partial charge in [0, 0.05) is 10.6 Å². The topological polar surface area (TPSA) is 57.6 Å². The Balaban J connectivity index is 2.49. The molecule has 0 aliphatic rings. The van der Waals surface area contributed by atoms with Gasteiger partial charge in [0.1, 0.15) is 13.1 Å². The van der Waals surface area contributed by atoms with E-state index in [0.717, 1.165) is 16.6 Å². The molecule has 1 heterocycles. The summed E-state index contributed by atoms with van der Waals surface area (Å²) in [6, 6.07) is 3.44. The molecule has 0 saturated carbocycles. The van der Waals surface area contributed by atoms with Gasteiger partial charge in [-0.15, -0.1) is 23.1 Å². The average Bonchev–Trinajstić information content (AvgIpc) is 2.71. The van der Waals surface area contributed by atoms with E-state index in [1.165, 1.54) is 11.3 Å². The molecule has 118 valence electrons. The van der Waals surface area contributed by atoms with Crippen molar-refractivity contribution in [1.29, 1.82) is 0 Å². The minimum absolute atomic E-state index is 0.223. The number of halogens is 4. The first kappa shape index (κ1) is 18.1. The predicted molar refractivity (Wildman–Crippen MR) is 75.8 cm³/mol. The van der Waals surface area contributed by atoms with Gasteiger partial charge in [-0.3, -0.25) is 9.59 Å². The molecule has 0 aromatic carbocycles. The van der Waals surface area contributed by atoms with Crippen molar-refractivity contribution in [2.24, 2.45) is 0 Å². The van der Waals surface area contributed by atoms with E-state index in [9.17, 15) is 22.8 Å². The molecular weight excluding hydrogens is 351 g/mol. The van der Waals surface area contributed by atoms with Crippen molar-refractivity contribution in [3.8, 4) is 0 Å². The number of carboxylic acids is 1. The number of thiophene rings is 1. The predicted octanol–water partition coefficient (Wildman–Crippen LogP) is 3.11. The lowest BCUT2D eigenvalue weighted by Gasteiger charge is -2.21. The maximum atomic E-state index is 12.3. The molecule has 0 spiro atoms. The van der Waals surface area contributed by atoms with Crippen molar-refractivity contribution >= 4 is 46.6 Å². The molecule has 0 radical (unpaired) electrons. The quantitative estimate of drug-likeness (QED) is 0.810. The average molecular weight is 362 g/mol. The minimum Gasteiger partial charge on any atom is -0.480 e. The molecule has 0 aliphatic carbocycles. The number of thioether (sulfide) groups is 1. The van der Waals surface area contributed by atoms with E-state index in [-0.39, 0.29) is 10.7 Å². The molecule has 0 bridgehead atoms. The number of carbonyl (C=O) groups excluding carboxylic acids is 1. The molecule has 1 rings (SSSR count). The van der Waals surface area contributed by atoms with E-state index < -0.39 is 31.1 Å². The second-order valence-electron chi connectivity index (χ2n) is 3.96. The fourth-order valence-corrected chi connectivity index (χ4v) is 3.50. The van der Waals surface area contributed by atoms with E-state index >= 15 is 0 Å². The zero-order valence-electron chi connectivity index (χ0n) is 10.5. The number of rotatable bonds is 7. The first-order valence-corrected chi connectivity index (χ1v) is 7.90. The van der Waals surface area contributed by atoms with Gasteiger partial charge in [0.25, 0.3) is 0 Å². The summed E-state index contributed by atoms with van der Waals surface area (Å²) in [6.45, 7) is -2.53. The minimum atomic E-state index is -4.63. The Morgan fingerprint density at radius 3 is 2.52 bits per heavy atom. The van der Waals surface area contributed by atoms with E-state index in [2.05, 4.69) is 0 Å². The first-order valence-electron chi connectivity index (χ1n) is 5.55. The van der Waals surface area contributed by atoms with Crippen LogP contribution >= 0.6 is 34.7 Å². The Morgan fingerprint density at radius 1 is 1.38 bits per heavy atom. The normalized spacial score (nSPS) is 11.4. The van der Waals surface area contributed by atoms with Crippen LogP contribution in [0.5, 0.6) is 0 Å². The van der Waals surface area contributed by atoms with Crippen molar-refractivity contribution < 1.29 is 27.9 Å². The molecule has 10 heteroatoms. The second kappa shape index (κ2) is 7.90. The Morgan fingerprint density at radius 2 is 2.05 bits per heavy atom. The van der Waals surface area contributed by atoms with Gasteiger partial charge in [0.05, 0.1) is 10.1 Å². The highest BCUT2D eigenvalue weighted by atomic mass is 35.5. The van der Waals surface area contributed by atoms with Gasteiger partial charge in [0.15, 0.2) is 0 Å². The van der Waals surface area contributed by atoms with Crippen molar-refractivity contribution in [2.75, 3.05) is 18.8 Å². The smallest absolute Gasteiger partial charge is 0.406 e. The number of alkyl halides is 3. The van der Waals surface area contributed by atoms with Crippen LogP contribution in [-0.2, 0) is 15.3 Å². The number of hydrogen-bond acceptors (Lipinski definition) is 4. The molecule has 1 aromatic rings. The third-order valence-corrected chi connectivity index (χ3v) is 4.53. The Kier molecular flexibility index (Phi) is 6.82. The van der Waals surface area contributed by atoms with Crippen LogP contribution in [0.15, 0.2) is 12.1 Å². The van der Waals surface area contributed by atoms with Gasteiger partial charge in [-0.05, 0) is 12.1 Å². The lowest BCUT2D eigenvalue weighted by atomic mass is 10.4. The fourth-order valence-electron chi connectivity index (χ4n) is 1.37. The molecule has 0 atom stereocenters. The van der Waals surface area contributed by atoms with Gasteiger partial charge < -0.3 is 10.0 Å². The van der Waals surface area contributed by atoms with Crippen LogP contribution in [0.1, 0.15) is 4.88 Å². The highest BCUT2D eigenvalue weighted by molar-refractivity contribution is 7.99. The SMILES string of the molecule is O=C(O)CN(CC(F)(F)F)C(=O)CSCc1ccc(Cl)s1. The Labute approximate surface area is 131 Å². The molecule has 4 nitrogen and oxygen atoms in total. The lowest BCUT2D eigenvalue weighted by Crippen LogP contribution is -2.42. The third-order valence-electron chi connectivity index (χ3n) is 2.15. The van der Waals surface area contributed by atoms with Crippen LogP contribution in [0.25, 0.3) is 0 Å². The summed E-state index contributed by atoms with van der Waals surface area (Å²) >= 11 is 8.15. The van der Waals surface area contributed by atoms with Gasteiger partial charge >= 0.3 is 12.1 Å². The monoisotopic (exact) mass is 361 g/mol. The number of carbonyl (C=O) groups is 2. The molecular formula is C11H11ClF3NO3S2. The van der Waals surface area contributed by atoms with Crippen LogP contribution in [0, 0.1) is 0 Å². The maximum absolute atomic E-state index is 12.3. The molecule has 1 N–H and O–H groups in total. The van der Waals surface area contributed by atoms with Gasteiger partial charge in [-0.2, -0.15) is 13.2 Å². The largest absolute Gasteiger partial charge is 0.480 e. The second-order valence-corrected chi connectivity index (χ2v) is 6.74. The summed E-state index contributed by atoms with van der Waals surface area (Å²) in [5.74, 6) is -2.14. The zero-order valence-corrected chi connectivity index (χ0v) is 12.9. The van der Waals surface area contributed by atoms with Crippen LogP contribution < -0.4 is 0 Å². The first-order chi connectivity index (χ1) is 9.67. The maximum Gasteiger partial charge on any atom is 0.406 e. The molecule has 0 saturated heterocycles. The van der Waals surface area contributed by atoms with E-state index in [4.69, 9.17) is 16.7 Å². The van der Waals surface area contributed by atoms with Crippen molar-refractivity contribution in [3.05, 3.63) is 21.3 Å². The molecule has 0 unspecified atom stereocenters. The fraction of sp³-hybridized carbons (Fsp3) is 0.455. The van der Waals surface area contributed by atoms with Crippen LogP contribution in [-0.4, -0.2) is 46.9 Å². The highest BCUT2D eigenvalue weighted by Crippen LogP contribution is 2.25. The standard InChI is InChI=1S/C11H11ClF3NO3S2/c12-8-2-1-7(21-8)4-20-5-9(17)16(3-10(18)19)6-11(13,14)15/h1-2H,3-6H2,(H,18,19). The van der Waals surface area contributed by atoms with Gasteiger partial charge in [-0.1, -0.05) is 11.6 Å². The van der Waals surface area contributed by atoms with E-state index in [1.807, 2.05) is 0 Å². The molecule has 0 fully saturated rings. The van der Waals surface area contributed by atoms with E-state index in [0.29, 0.717) is 10.1 Å². The number of nitrogens with zero attached hydrogens (tertiary/aromatic N) is 1. The van der Waals surface area contributed by atoms with Crippen LogP contribution in [0.2, 0.25) is 4.34 Å². The summed E-state index contributed by atoms with van der Waals surface area (Å²) in [4.78, 5) is 23.4. The number of aliphatic carboxylic acids is 1. The highest BCUT2D eigenvalue weighted by Gasteiger charge is 2.33. The van der Waals surface area contributed by atoms with Crippen LogP contribution in [0.3, 0.4) is 0 Å². The van der Waals surface area contributed by atoms with Gasteiger partial charge in [0.2, 0.25) is 5.91 Å². The van der Waals surface area contributed by atoms with Crippen LogP contribution in [0.4, 0.5) is 13.2 Å². The van der Waals surface area contributed by atoms with Crippen molar-refractivity contribution in [3.63, 3.8) is 0 Å². The third kappa shape index (κ3) is 7.58. The molecule has 1 amide bonds. The lowest BCUT2D eigenvalue weighted by molar-refractivity contribution is -0.164. The van der Waals surface area contributed by atoms with Gasteiger partial charge in [-0.25, -0.2) is 0 Å². The number of hydrogen-bond donors (Lipinski definition) is 1. The van der Waals surface area contributed by atoms with E-state index in [1.54, 1.807) is 12.1 Å². The molecule has 1 aromatic heterocycles. The number of amides is 1. The van der Waals surface area contributed by atoms with Crippen molar-refractivity contribution in [1.82, 2.24) is 4.90 Å². The Hall–Kier alpha value is -0.930. The summed E-state index contributed by atoms with van der Waals surface area (Å²) in [7, 11) is 0. The zero-order chi connectivity index (χ0) is 16.0. The summed E-state index contributed by atoms with van der Waals surface area (Å²) < 4.78 is 37.5. The molecule has 21 heavy (non-hydrogen) atoms. The molecule has 0 aliphatic heterocycles.